The summed E-state index contributed by atoms with van der Waals surface area (Å²) in [5, 5.41) is 5.98. The number of halogens is 6. The first-order valence-corrected chi connectivity index (χ1v) is 19.9. The monoisotopic (exact) mass is 814 g/mol. The van der Waals surface area contributed by atoms with Gasteiger partial charge in [-0.05, 0) is 140 Å². The molecule has 1 aliphatic carbocycles. The van der Waals surface area contributed by atoms with Gasteiger partial charge in [0.1, 0.15) is 0 Å². The summed E-state index contributed by atoms with van der Waals surface area (Å²) in [4.78, 5) is 4.02. The Morgan fingerprint density at radius 1 is 0.377 bits per heavy atom. The van der Waals surface area contributed by atoms with Crippen LogP contribution >= 0.6 is 0 Å². The fourth-order valence-electron chi connectivity index (χ4n) is 8.98. The van der Waals surface area contributed by atoms with Gasteiger partial charge in [0.25, 0.3) is 0 Å². The summed E-state index contributed by atoms with van der Waals surface area (Å²) in [6.07, 6.45) is -8.97. The molecular formula is C53H36F6N2. The normalized spacial score (nSPS) is 13.4. The van der Waals surface area contributed by atoms with Crippen molar-refractivity contribution in [3.8, 4) is 11.1 Å². The smallest absolute Gasteiger partial charge is 0.310 e. The minimum absolute atomic E-state index is 0.576. The van der Waals surface area contributed by atoms with E-state index in [9.17, 15) is 26.3 Å². The topological polar surface area (TPSA) is 6.48 Å². The van der Waals surface area contributed by atoms with Crippen LogP contribution in [0.1, 0.15) is 36.1 Å². The highest BCUT2D eigenvalue weighted by Crippen LogP contribution is 2.56. The summed E-state index contributed by atoms with van der Waals surface area (Å²) in [5.74, 6) is 0. The summed E-state index contributed by atoms with van der Waals surface area (Å²) in [6.45, 7) is 4.33. The standard InChI is InChI=1S/C53H36F6N2/c1-51(2)47-31-43(60(39-23-17-37(18-24-39)52(54,55)56)41-21-15-33-9-3-5-11-35(33)29-41)27-28-46(47)50-45-14-8-7-13-44(45)49(32-48(50)51)61(40-25-19-38(20-26-40)53(57,58)59)42-22-16-34-10-4-6-12-36(34)30-42/h3-32H,1-2H3. The second kappa shape index (κ2) is 14.0. The molecule has 300 valence electrons. The Hall–Kier alpha value is -7.06. The van der Waals surface area contributed by atoms with Crippen molar-refractivity contribution in [2.24, 2.45) is 0 Å². The molecule has 8 heteroatoms. The van der Waals surface area contributed by atoms with Gasteiger partial charge in [-0.25, -0.2) is 0 Å². The quantitative estimate of drug-likeness (QED) is 0.154. The van der Waals surface area contributed by atoms with Crippen LogP contribution in [-0.4, -0.2) is 0 Å². The lowest BCUT2D eigenvalue weighted by molar-refractivity contribution is -0.138. The lowest BCUT2D eigenvalue weighted by Crippen LogP contribution is -2.18. The van der Waals surface area contributed by atoms with Crippen molar-refractivity contribution in [2.75, 3.05) is 9.80 Å². The van der Waals surface area contributed by atoms with Gasteiger partial charge >= 0.3 is 12.4 Å². The van der Waals surface area contributed by atoms with Crippen molar-refractivity contribution in [1.82, 2.24) is 0 Å². The van der Waals surface area contributed by atoms with Crippen LogP contribution in [0.15, 0.2) is 182 Å². The molecule has 9 aromatic rings. The lowest BCUT2D eigenvalue weighted by Gasteiger charge is -2.30. The van der Waals surface area contributed by atoms with Crippen LogP contribution in [0, 0.1) is 0 Å². The Balaban J connectivity index is 1.16. The highest BCUT2D eigenvalue weighted by molar-refractivity contribution is 6.10. The van der Waals surface area contributed by atoms with Gasteiger partial charge in [-0.15, -0.1) is 0 Å². The van der Waals surface area contributed by atoms with Crippen LogP contribution < -0.4 is 9.80 Å². The molecule has 0 saturated carbocycles. The van der Waals surface area contributed by atoms with E-state index in [1.54, 1.807) is 0 Å². The number of hydrogen-bond acceptors (Lipinski definition) is 2. The number of anilines is 6. The van der Waals surface area contributed by atoms with E-state index in [0.29, 0.717) is 11.4 Å². The Bertz CT molecular complexity index is 3150. The van der Waals surface area contributed by atoms with E-state index in [1.165, 1.54) is 24.3 Å². The van der Waals surface area contributed by atoms with E-state index in [2.05, 4.69) is 50.2 Å². The lowest BCUT2D eigenvalue weighted by atomic mass is 9.81. The SMILES string of the molecule is CC1(C)c2cc(N(c3ccc(C(F)(F)F)cc3)c3ccc4ccccc4c3)ccc2-c2c1cc(N(c1ccc(C(F)(F)F)cc1)c1ccc3ccccc3c1)c1ccccc21. The molecule has 2 nitrogen and oxygen atoms in total. The molecule has 0 saturated heterocycles. The Kier molecular flexibility index (Phi) is 8.77. The van der Waals surface area contributed by atoms with Crippen LogP contribution in [0.4, 0.5) is 60.5 Å². The number of alkyl halides is 6. The maximum absolute atomic E-state index is 13.8. The van der Waals surface area contributed by atoms with Crippen molar-refractivity contribution in [3.05, 3.63) is 204 Å². The second-order valence-corrected chi connectivity index (χ2v) is 16.0. The molecule has 0 amide bonds. The molecular weight excluding hydrogens is 779 g/mol. The third-order valence-electron chi connectivity index (χ3n) is 12.0. The summed E-state index contributed by atoms with van der Waals surface area (Å²) >= 11 is 0. The fourth-order valence-corrected chi connectivity index (χ4v) is 8.98. The zero-order valence-electron chi connectivity index (χ0n) is 33.0. The van der Waals surface area contributed by atoms with Gasteiger partial charge in [-0.1, -0.05) is 105 Å². The average molecular weight is 815 g/mol. The third kappa shape index (κ3) is 6.54. The van der Waals surface area contributed by atoms with Crippen molar-refractivity contribution in [1.29, 1.82) is 0 Å². The first kappa shape index (κ1) is 38.2. The van der Waals surface area contributed by atoms with Crippen LogP contribution in [0.25, 0.3) is 43.4 Å². The molecule has 0 atom stereocenters. The molecule has 0 N–H and O–H groups in total. The van der Waals surface area contributed by atoms with Gasteiger partial charge < -0.3 is 9.80 Å². The van der Waals surface area contributed by atoms with Gasteiger partial charge in [-0.3, -0.25) is 0 Å². The number of nitrogens with zero attached hydrogens (tertiary/aromatic N) is 2. The van der Waals surface area contributed by atoms with Crippen LogP contribution in [0.5, 0.6) is 0 Å². The van der Waals surface area contributed by atoms with Crippen molar-refractivity contribution >= 4 is 66.4 Å². The Morgan fingerprint density at radius 2 is 0.803 bits per heavy atom. The maximum atomic E-state index is 13.8. The zero-order valence-corrected chi connectivity index (χ0v) is 33.0. The average Bonchev–Trinajstić information content (AvgIpc) is 3.48. The molecule has 0 heterocycles. The zero-order chi connectivity index (χ0) is 42.3. The molecule has 0 fully saturated rings. The highest BCUT2D eigenvalue weighted by Gasteiger charge is 2.39. The molecule has 10 rings (SSSR count). The predicted molar refractivity (Wildman–Crippen MR) is 236 cm³/mol. The van der Waals surface area contributed by atoms with Gasteiger partial charge in [0, 0.05) is 39.2 Å². The molecule has 0 aromatic heterocycles. The minimum atomic E-state index is -4.49. The number of fused-ring (bicyclic) bond motifs is 7. The van der Waals surface area contributed by atoms with E-state index in [-0.39, 0.29) is 0 Å². The molecule has 0 radical (unpaired) electrons. The highest BCUT2D eigenvalue weighted by atomic mass is 19.4. The third-order valence-corrected chi connectivity index (χ3v) is 12.0. The van der Waals surface area contributed by atoms with Gasteiger partial charge in [0.15, 0.2) is 0 Å². The first-order chi connectivity index (χ1) is 29.3. The first-order valence-electron chi connectivity index (χ1n) is 19.9. The molecule has 9 aromatic carbocycles. The van der Waals surface area contributed by atoms with Gasteiger partial charge in [0.05, 0.1) is 16.8 Å². The largest absolute Gasteiger partial charge is 0.416 e. The summed E-state index contributed by atoms with van der Waals surface area (Å²) in [7, 11) is 0. The van der Waals surface area contributed by atoms with Crippen molar-refractivity contribution in [2.45, 2.75) is 31.6 Å². The molecule has 0 unspecified atom stereocenters. The molecule has 0 aliphatic heterocycles. The summed E-state index contributed by atoms with van der Waals surface area (Å²) in [5.41, 5.74) is 6.46. The number of hydrogen-bond donors (Lipinski definition) is 0. The van der Waals surface area contributed by atoms with Gasteiger partial charge in [-0.2, -0.15) is 26.3 Å². The van der Waals surface area contributed by atoms with Crippen LogP contribution in [0.2, 0.25) is 0 Å². The van der Waals surface area contributed by atoms with E-state index >= 15 is 0 Å². The van der Waals surface area contributed by atoms with Gasteiger partial charge in [0.2, 0.25) is 0 Å². The molecule has 0 bridgehead atoms. The van der Waals surface area contributed by atoms with E-state index < -0.39 is 28.9 Å². The summed E-state index contributed by atoms with van der Waals surface area (Å²) < 4.78 is 82.8. The summed E-state index contributed by atoms with van der Waals surface area (Å²) in [6, 6.07) is 55.1. The molecule has 1 aliphatic rings. The van der Waals surface area contributed by atoms with E-state index in [4.69, 9.17) is 0 Å². The Labute approximate surface area is 348 Å². The van der Waals surface area contributed by atoms with E-state index in [0.717, 1.165) is 102 Å². The molecule has 0 spiro atoms. The number of benzene rings is 9. The van der Waals surface area contributed by atoms with Crippen molar-refractivity contribution < 1.29 is 26.3 Å². The predicted octanol–water partition coefficient (Wildman–Crippen LogP) is 16.4. The van der Waals surface area contributed by atoms with Crippen LogP contribution in [-0.2, 0) is 17.8 Å². The van der Waals surface area contributed by atoms with E-state index in [1.807, 2.05) is 107 Å². The van der Waals surface area contributed by atoms with Crippen molar-refractivity contribution in [3.63, 3.8) is 0 Å². The second-order valence-electron chi connectivity index (χ2n) is 16.0. The Morgan fingerprint density at radius 3 is 1.34 bits per heavy atom. The maximum Gasteiger partial charge on any atom is 0.416 e. The molecule has 61 heavy (non-hydrogen) atoms. The minimum Gasteiger partial charge on any atom is -0.310 e. The van der Waals surface area contributed by atoms with Crippen LogP contribution in [0.3, 0.4) is 0 Å². The number of rotatable bonds is 6. The fraction of sp³-hybridized carbons (Fsp3) is 0.0943.